The molecule has 2 saturated heterocycles. The molecule has 0 spiro atoms. The number of rotatable bonds is 3. The molecule has 0 bridgehead atoms. The van der Waals surface area contributed by atoms with Gasteiger partial charge in [0, 0.05) is 42.5 Å². The molecule has 7 nitrogen and oxygen atoms in total. The number of anilines is 1. The van der Waals surface area contributed by atoms with E-state index in [4.69, 9.17) is 33.3 Å². The van der Waals surface area contributed by atoms with Crippen molar-refractivity contribution in [3.63, 3.8) is 0 Å². The summed E-state index contributed by atoms with van der Waals surface area (Å²) in [6.07, 6.45) is 6.06. The van der Waals surface area contributed by atoms with Crippen LogP contribution in [0.5, 0.6) is 0 Å². The molecule has 0 N–H and O–H groups in total. The van der Waals surface area contributed by atoms with E-state index < -0.39 is 0 Å². The van der Waals surface area contributed by atoms with Gasteiger partial charge in [0.25, 0.3) is 5.91 Å². The van der Waals surface area contributed by atoms with E-state index in [9.17, 15) is 4.79 Å². The molecule has 5 heterocycles. The predicted octanol–water partition coefficient (Wildman–Crippen LogP) is 4.95. The topological polar surface area (TPSA) is 66.6 Å². The Balaban J connectivity index is 1.47. The SMILES string of the molecule is Cc1cn2nc([C@@H]3CCCCN3C(=O)c3cc(Cl)cc(Cl)n3)cc2nc1N1CC[C@H](C)C1. The van der Waals surface area contributed by atoms with E-state index in [1.54, 1.807) is 6.07 Å². The van der Waals surface area contributed by atoms with E-state index in [0.29, 0.717) is 17.5 Å². The molecular weight excluding hydrogens is 447 g/mol. The Morgan fingerprint density at radius 1 is 1.09 bits per heavy atom. The lowest BCUT2D eigenvalue weighted by Crippen LogP contribution is -2.39. The Labute approximate surface area is 197 Å². The maximum absolute atomic E-state index is 13.3. The highest BCUT2D eigenvalue weighted by atomic mass is 35.5. The van der Waals surface area contributed by atoms with Crippen molar-refractivity contribution in [2.75, 3.05) is 24.5 Å². The van der Waals surface area contributed by atoms with Gasteiger partial charge in [-0.15, -0.1) is 0 Å². The number of hydrogen-bond donors (Lipinski definition) is 0. The van der Waals surface area contributed by atoms with Gasteiger partial charge < -0.3 is 9.80 Å². The number of hydrogen-bond acceptors (Lipinski definition) is 5. The van der Waals surface area contributed by atoms with Gasteiger partial charge >= 0.3 is 0 Å². The molecule has 3 aromatic rings. The van der Waals surface area contributed by atoms with Crippen LogP contribution in [0, 0.1) is 12.8 Å². The van der Waals surface area contributed by atoms with Gasteiger partial charge in [-0.05, 0) is 50.7 Å². The normalized spacial score (nSPS) is 21.5. The third-order valence-corrected chi connectivity index (χ3v) is 6.84. The molecule has 3 aromatic heterocycles. The van der Waals surface area contributed by atoms with Crippen LogP contribution in [0.15, 0.2) is 24.4 Å². The van der Waals surface area contributed by atoms with Crippen molar-refractivity contribution in [3.05, 3.63) is 51.5 Å². The maximum Gasteiger partial charge on any atom is 0.273 e. The van der Waals surface area contributed by atoms with E-state index >= 15 is 0 Å². The standard InChI is InChI=1S/C23H26Cl2N6O/c1-14-6-8-29(12-14)22-15(2)13-31-21(27-22)11-17(28-31)19-5-3-4-7-30(19)23(32)18-9-16(24)10-20(25)26-18/h9-11,13-14,19H,3-8,12H2,1-2H3/t14-,19-/m0/s1. The minimum absolute atomic E-state index is 0.131. The molecule has 32 heavy (non-hydrogen) atoms. The summed E-state index contributed by atoms with van der Waals surface area (Å²) in [5.41, 5.74) is 3.03. The minimum atomic E-state index is -0.174. The molecule has 168 valence electrons. The Bertz CT molecular complexity index is 1160. The molecule has 2 aliphatic heterocycles. The summed E-state index contributed by atoms with van der Waals surface area (Å²) in [6.45, 7) is 7.07. The average Bonchev–Trinajstić information content (AvgIpc) is 3.37. The van der Waals surface area contributed by atoms with E-state index in [1.807, 2.05) is 21.7 Å². The van der Waals surface area contributed by atoms with Crippen LogP contribution in [-0.4, -0.2) is 50.0 Å². The third kappa shape index (κ3) is 4.04. The Morgan fingerprint density at radius 2 is 1.94 bits per heavy atom. The summed E-state index contributed by atoms with van der Waals surface area (Å²) in [5, 5.41) is 5.43. The van der Waals surface area contributed by atoms with E-state index in [0.717, 1.165) is 55.1 Å². The number of aryl methyl sites for hydroxylation is 1. The molecular formula is C23H26Cl2N6O. The first kappa shape index (κ1) is 21.5. The van der Waals surface area contributed by atoms with Crippen molar-refractivity contribution in [2.45, 2.75) is 45.6 Å². The lowest BCUT2D eigenvalue weighted by Gasteiger charge is -2.34. The fourth-order valence-corrected chi connectivity index (χ4v) is 5.31. The largest absolute Gasteiger partial charge is 0.356 e. The van der Waals surface area contributed by atoms with Crippen molar-refractivity contribution in [3.8, 4) is 0 Å². The summed E-state index contributed by atoms with van der Waals surface area (Å²) in [6, 6.07) is 4.98. The second-order valence-electron chi connectivity index (χ2n) is 8.96. The Morgan fingerprint density at radius 3 is 2.69 bits per heavy atom. The van der Waals surface area contributed by atoms with Crippen LogP contribution in [0.4, 0.5) is 5.82 Å². The highest BCUT2D eigenvalue weighted by Gasteiger charge is 2.32. The van der Waals surface area contributed by atoms with Crippen LogP contribution in [0.3, 0.4) is 0 Å². The van der Waals surface area contributed by atoms with Gasteiger partial charge in [-0.1, -0.05) is 30.1 Å². The first-order chi connectivity index (χ1) is 15.4. The molecule has 0 radical (unpaired) electrons. The van der Waals surface area contributed by atoms with Gasteiger partial charge in [0.05, 0.1) is 11.7 Å². The third-order valence-electron chi connectivity index (χ3n) is 6.43. The highest BCUT2D eigenvalue weighted by molar-refractivity contribution is 6.34. The summed E-state index contributed by atoms with van der Waals surface area (Å²) >= 11 is 12.1. The first-order valence-corrected chi connectivity index (χ1v) is 11.9. The van der Waals surface area contributed by atoms with Crippen LogP contribution in [0.1, 0.15) is 60.4 Å². The van der Waals surface area contributed by atoms with Crippen molar-refractivity contribution in [2.24, 2.45) is 5.92 Å². The minimum Gasteiger partial charge on any atom is -0.356 e. The number of aromatic nitrogens is 4. The molecule has 5 rings (SSSR count). The van der Waals surface area contributed by atoms with Crippen molar-refractivity contribution >= 4 is 40.6 Å². The molecule has 0 unspecified atom stereocenters. The van der Waals surface area contributed by atoms with Crippen molar-refractivity contribution in [1.29, 1.82) is 0 Å². The highest BCUT2D eigenvalue weighted by Crippen LogP contribution is 2.33. The molecule has 2 atom stereocenters. The number of nitrogens with zero attached hydrogens (tertiary/aromatic N) is 6. The summed E-state index contributed by atoms with van der Waals surface area (Å²) in [4.78, 5) is 26.6. The molecule has 1 amide bonds. The Hall–Kier alpha value is -2.38. The van der Waals surface area contributed by atoms with Crippen molar-refractivity contribution < 1.29 is 4.79 Å². The molecule has 0 aromatic carbocycles. The van der Waals surface area contributed by atoms with Gasteiger partial charge in [-0.25, -0.2) is 14.5 Å². The molecule has 2 fully saturated rings. The van der Waals surface area contributed by atoms with Gasteiger partial charge in [0.15, 0.2) is 5.65 Å². The number of halogens is 2. The van der Waals surface area contributed by atoms with Crippen LogP contribution in [0.25, 0.3) is 5.65 Å². The van der Waals surface area contributed by atoms with Crippen LogP contribution >= 0.6 is 23.2 Å². The fraction of sp³-hybridized carbons (Fsp3) is 0.478. The lowest BCUT2D eigenvalue weighted by molar-refractivity contribution is 0.0599. The number of amides is 1. The number of fused-ring (bicyclic) bond motifs is 1. The number of carbonyl (C=O) groups is 1. The second-order valence-corrected chi connectivity index (χ2v) is 9.79. The van der Waals surface area contributed by atoms with Gasteiger partial charge in [0.1, 0.15) is 16.7 Å². The quantitative estimate of drug-likeness (QED) is 0.504. The zero-order chi connectivity index (χ0) is 22.4. The Kier molecular flexibility index (Phi) is 5.72. The smallest absolute Gasteiger partial charge is 0.273 e. The zero-order valence-corrected chi connectivity index (χ0v) is 19.8. The predicted molar refractivity (Wildman–Crippen MR) is 126 cm³/mol. The lowest BCUT2D eigenvalue weighted by atomic mass is 9.99. The van der Waals surface area contributed by atoms with E-state index in [2.05, 4.69) is 23.7 Å². The number of likely N-dealkylation sites (tertiary alicyclic amines) is 1. The van der Waals surface area contributed by atoms with Gasteiger partial charge in [-0.3, -0.25) is 4.79 Å². The monoisotopic (exact) mass is 472 g/mol. The summed E-state index contributed by atoms with van der Waals surface area (Å²) < 4.78 is 1.83. The molecule has 9 heteroatoms. The molecule has 2 aliphatic rings. The van der Waals surface area contributed by atoms with Gasteiger partial charge in [0.2, 0.25) is 0 Å². The summed E-state index contributed by atoms with van der Waals surface area (Å²) in [7, 11) is 0. The van der Waals surface area contributed by atoms with Crippen LogP contribution in [0.2, 0.25) is 10.2 Å². The first-order valence-electron chi connectivity index (χ1n) is 11.1. The van der Waals surface area contributed by atoms with E-state index in [1.165, 1.54) is 12.5 Å². The number of carbonyl (C=O) groups excluding carboxylic acids is 1. The van der Waals surface area contributed by atoms with Crippen molar-refractivity contribution in [1.82, 2.24) is 24.5 Å². The fourth-order valence-electron chi connectivity index (χ4n) is 4.83. The van der Waals surface area contributed by atoms with E-state index in [-0.39, 0.29) is 22.8 Å². The van der Waals surface area contributed by atoms with Crippen LogP contribution in [-0.2, 0) is 0 Å². The zero-order valence-electron chi connectivity index (χ0n) is 18.3. The summed E-state index contributed by atoms with van der Waals surface area (Å²) in [5.74, 6) is 1.54. The molecule has 0 saturated carbocycles. The number of pyridine rings is 1. The van der Waals surface area contributed by atoms with Crippen LogP contribution < -0.4 is 4.90 Å². The molecule has 0 aliphatic carbocycles. The van der Waals surface area contributed by atoms with Gasteiger partial charge in [-0.2, -0.15) is 5.10 Å². The second kappa shape index (κ2) is 8.52. The average molecular weight is 473 g/mol. The maximum atomic E-state index is 13.3. The number of piperidine rings is 1.